The fourth-order valence-corrected chi connectivity index (χ4v) is 1.14. The summed E-state index contributed by atoms with van der Waals surface area (Å²) in [6.07, 6.45) is 1.22. The van der Waals surface area contributed by atoms with Gasteiger partial charge in [-0.2, -0.15) is 15.1 Å². The van der Waals surface area contributed by atoms with Gasteiger partial charge in [0.15, 0.2) is 0 Å². The number of carbonyl (C=O) groups excluding carboxylic acids is 1. The summed E-state index contributed by atoms with van der Waals surface area (Å²) in [5.74, 6) is 0.139. The first-order valence-corrected chi connectivity index (χ1v) is 4.86. The second kappa shape index (κ2) is 5.08. The number of H-pyrrole nitrogens is 1. The predicted molar refractivity (Wildman–Crippen MR) is 59.5 cm³/mol. The Balaban J connectivity index is 2.20. The van der Waals surface area contributed by atoms with Crippen LogP contribution in [0.15, 0.2) is 12.4 Å². The van der Waals surface area contributed by atoms with Gasteiger partial charge >= 0.3 is 0 Å². The van der Waals surface area contributed by atoms with Crippen LogP contribution in [0.25, 0.3) is 0 Å². The smallest absolute Gasteiger partial charge is 0.295 e. The van der Waals surface area contributed by atoms with Crippen molar-refractivity contribution in [1.29, 1.82) is 0 Å². The molecule has 2 heterocycles. The number of aromatic nitrogens is 5. The Morgan fingerprint density at radius 1 is 1.28 bits per heavy atom. The number of rotatable bonds is 4. The van der Waals surface area contributed by atoms with E-state index in [1.165, 1.54) is 26.6 Å². The van der Waals surface area contributed by atoms with Crippen LogP contribution in [0, 0.1) is 0 Å². The molecular weight excluding hydrogens is 240 g/mol. The highest BCUT2D eigenvalue weighted by molar-refractivity contribution is 6.00. The van der Waals surface area contributed by atoms with Gasteiger partial charge in [0, 0.05) is 0 Å². The fraction of sp³-hybridized carbons (Fsp3) is 0.222. The molecule has 0 aliphatic heterocycles. The van der Waals surface area contributed by atoms with Crippen LogP contribution >= 0.6 is 0 Å². The van der Waals surface area contributed by atoms with Crippen molar-refractivity contribution in [3.05, 3.63) is 18.2 Å². The maximum Gasteiger partial charge on any atom is 0.295 e. The summed E-state index contributed by atoms with van der Waals surface area (Å²) in [5, 5.41) is 8.43. The third-order valence-electron chi connectivity index (χ3n) is 1.95. The summed E-state index contributed by atoms with van der Waals surface area (Å²) >= 11 is 0. The van der Waals surface area contributed by atoms with Crippen molar-refractivity contribution in [2.75, 3.05) is 19.5 Å². The molecule has 94 valence electrons. The van der Waals surface area contributed by atoms with Crippen molar-refractivity contribution in [2.24, 2.45) is 0 Å². The van der Waals surface area contributed by atoms with E-state index < -0.39 is 5.91 Å². The minimum atomic E-state index is -0.511. The zero-order valence-electron chi connectivity index (χ0n) is 9.67. The Bertz CT molecular complexity index is 519. The summed E-state index contributed by atoms with van der Waals surface area (Å²) in [4.78, 5) is 23.3. The van der Waals surface area contributed by atoms with E-state index in [0.29, 0.717) is 0 Å². The lowest BCUT2D eigenvalue weighted by molar-refractivity contribution is 0.101. The Kier molecular flexibility index (Phi) is 3.32. The number of carbonyl (C=O) groups is 1. The van der Waals surface area contributed by atoms with E-state index in [2.05, 4.69) is 30.5 Å². The molecular formula is C9H10N6O3. The normalized spacial score (nSPS) is 9.89. The van der Waals surface area contributed by atoms with Crippen LogP contribution in [0.2, 0.25) is 0 Å². The van der Waals surface area contributed by atoms with Gasteiger partial charge in [0.2, 0.25) is 23.5 Å². The lowest BCUT2D eigenvalue weighted by Crippen LogP contribution is -2.16. The summed E-state index contributed by atoms with van der Waals surface area (Å²) in [6, 6.07) is 1.49. The molecule has 9 heteroatoms. The first-order valence-electron chi connectivity index (χ1n) is 4.86. The number of aromatic amines is 1. The van der Waals surface area contributed by atoms with Gasteiger partial charge in [-0.3, -0.25) is 15.2 Å². The Hall–Kier alpha value is -2.71. The molecule has 0 aliphatic carbocycles. The molecule has 1 amide bonds. The number of hydrogen-bond acceptors (Lipinski definition) is 7. The molecule has 0 saturated carbocycles. The summed E-state index contributed by atoms with van der Waals surface area (Å²) < 4.78 is 9.90. The van der Waals surface area contributed by atoms with Crippen LogP contribution in [0.5, 0.6) is 11.8 Å². The molecule has 18 heavy (non-hydrogen) atoms. The van der Waals surface area contributed by atoms with Gasteiger partial charge in [0.05, 0.1) is 20.3 Å². The second-order valence-electron chi connectivity index (χ2n) is 3.06. The lowest BCUT2D eigenvalue weighted by atomic mass is 10.5. The van der Waals surface area contributed by atoms with Gasteiger partial charge in [-0.15, -0.1) is 0 Å². The standard InChI is InChI=1S/C9H10N6O3/c1-17-5-3-6(18-2)13-9(12-5)14-8(16)7-10-4-11-15-7/h3-4H,1-2H3,(H,10,11,15)(H,12,13,14,16). The number of hydrogen-bond donors (Lipinski definition) is 2. The van der Waals surface area contributed by atoms with Gasteiger partial charge in [0.1, 0.15) is 6.33 Å². The van der Waals surface area contributed by atoms with Crippen molar-refractivity contribution >= 4 is 11.9 Å². The zero-order chi connectivity index (χ0) is 13.0. The van der Waals surface area contributed by atoms with E-state index in [9.17, 15) is 4.79 Å². The average molecular weight is 250 g/mol. The minimum Gasteiger partial charge on any atom is -0.481 e. The zero-order valence-corrected chi connectivity index (χ0v) is 9.67. The van der Waals surface area contributed by atoms with Crippen molar-refractivity contribution < 1.29 is 14.3 Å². The minimum absolute atomic E-state index is 0.0487. The Morgan fingerprint density at radius 3 is 2.44 bits per heavy atom. The first kappa shape index (κ1) is 11.8. The molecule has 0 radical (unpaired) electrons. The molecule has 0 bridgehead atoms. The molecule has 0 unspecified atom stereocenters. The third kappa shape index (κ3) is 2.51. The molecule has 2 rings (SSSR count). The quantitative estimate of drug-likeness (QED) is 0.776. The van der Waals surface area contributed by atoms with Crippen LogP contribution in [0.1, 0.15) is 10.6 Å². The Morgan fingerprint density at radius 2 is 1.94 bits per heavy atom. The average Bonchev–Trinajstić information content (AvgIpc) is 2.92. The molecule has 2 N–H and O–H groups in total. The number of anilines is 1. The van der Waals surface area contributed by atoms with Crippen LogP contribution in [0.4, 0.5) is 5.95 Å². The van der Waals surface area contributed by atoms with E-state index in [0.717, 1.165) is 0 Å². The molecule has 0 saturated heterocycles. The van der Waals surface area contributed by atoms with Crippen LogP contribution in [0.3, 0.4) is 0 Å². The number of methoxy groups -OCH3 is 2. The molecule has 0 fully saturated rings. The lowest BCUT2D eigenvalue weighted by Gasteiger charge is -2.06. The third-order valence-corrected chi connectivity index (χ3v) is 1.95. The second-order valence-corrected chi connectivity index (χ2v) is 3.06. The fourth-order valence-electron chi connectivity index (χ4n) is 1.14. The molecule has 9 nitrogen and oxygen atoms in total. The van der Waals surface area contributed by atoms with Gasteiger partial charge in [0.25, 0.3) is 5.91 Å². The maximum absolute atomic E-state index is 11.7. The summed E-state index contributed by atoms with van der Waals surface area (Å²) in [5.41, 5.74) is 0. The predicted octanol–water partition coefficient (Wildman–Crippen LogP) is -0.136. The van der Waals surface area contributed by atoms with E-state index in [4.69, 9.17) is 9.47 Å². The highest BCUT2D eigenvalue weighted by Gasteiger charge is 2.12. The number of ether oxygens (including phenoxy) is 2. The monoisotopic (exact) mass is 250 g/mol. The summed E-state index contributed by atoms with van der Waals surface area (Å²) in [7, 11) is 2.90. The van der Waals surface area contributed by atoms with E-state index >= 15 is 0 Å². The molecule has 0 aliphatic rings. The first-order chi connectivity index (χ1) is 8.72. The molecule has 2 aromatic heterocycles. The highest BCUT2D eigenvalue weighted by atomic mass is 16.5. The van der Waals surface area contributed by atoms with Gasteiger partial charge in [-0.25, -0.2) is 4.98 Å². The maximum atomic E-state index is 11.7. The van der Waals surface area contributed by atoms with Crippen LogP contribution in [-0.2, 0) is 0 Å². The summed E-state index contributed by atoms with van der Waals surface area (Å²) in [6.45, 7) is 0. The molecule has 0 aromatic carbocycles. The topological polar surface area (TPSA) is 115 Å². The molecule has 0 spiro atoms. The van der Waals surface area contributed by atoms with Crippen molar-refractivity contribution in [1.82, 2.24) is 25.1 Å². The number of nitrogens with one attached hydrogen (secondary N) is 2. The van der Waals surface area contributed by atoms with Crippen LogP contribution < -0.4 is 14.8 Å². The molecule has 0 atom stereocenters. The largest absolute Gasteiger partial charge is 0.481 e. The Labute approximate surface area is 102 Å². The van der Waals surface area contributed by atoms with Crippen molar-refractivity contribution in [2.45, 2.75) is 0 Å². The van der Waals surface area contributed by atoms with E-state index in [1.54, 1.807) is 0 Å². The number of amides is 1. The van der Waals surface area contributed by atoms with Gasteiger partial charge < -0.3 is 9.47 Å². The van der Waals surface area contributed by atoms with E-state index in [-0.39, 0.29) is 23.5 Å². The van der Waals surface area contributed by atoms with Crippen molar-refractivity contribution in [3.63, 3.8) is 0 Å². The van der Waals surface area contributed by atoms with Gasteiger partial charge in [-0.05, 0) is 0 Å². The van der Waals surface area contributed by atoms with Crippen LogP contribution in [-0.4, -0.2) is 45.3 Å². The highest BCUT2D eigenvalue weighted by Crippen LogP contribution is 2.17. The van der Waals surface area contributed by atoms with Gasteiger partial charge in [-0.1, -0.05) is 0 Å². The number of nitrogens with zero attached hydrogens (tertiary/aromatic N) is 4. The van der Waals surface area contributed by atoms with Crippen molar-refractivity contribution in [3.8, 4) is 11.8 Å². The van der Waals surface area contributed by atoms with E-state index in [1.807, 2.05) is 0 Å². The molecule has 2 aromatic rings. The SMILES string of the molecule is COc1cc(OC)nc(NC(=O)c2ncn[nH]2)n1.